The third-order valence-corrected chi connectivity index (χ3v) is 1.83. The van der Waals surface area contributed by atoms with Crippen molar-refractivity contribution in [2.75, 3.05) is 7.11 Å². The monoisotopic (exact) mass is 236 g/mol. The van der Waals surface area contributed by atoms with Crippen LogP contribution in [0.2, 0.25) is 0 Å². The first-order chi connectivity index (χ1) is 8.11. The zero-order valence-corrected chi connectivity index (χ0v) is 9.21. The number of ether oxygens (including phenoxy) is 1. The summed E-state index contributed by atoms with van der Waals surface area (Å²) in [5.41, 5.74) is 2.87. The van der Waals surface area contributed by atoms with E-state index < -0.39 is 18.3 Å². The second-order valence-electron chi connectivity index (χ2n) is 3.14. The van der Waals surface area contributed by atoms with E-state index in [0.29, 0.717) is 0 Å². The Hall–Kier alpha value is -2.37. The maximum atomic E-state index is 10.9. The van der Waals surface area contributed by atoms with Gasteiger partial charge in [0.2, 0.25) is 0 Å². The number of carbonyl (C=O) groups excluding carboxylic acids is 1. The molecule has 2 N–H and O–H groups in total. The summed E-state index contributed by atoms with van der Waals surface area (Å²) in [7, 11) is 1.56. The van der Waals surface area contributed by atoms with Crippen LogP contribution in [0.4, 0.5) is 0 Å². The molecule has 0 fully saturated rings. The van der Waals surface area contributed by atoms with Gasteiger partial charge in [-0.25, -0.2) is 5.43 Å². The minimum atomic E-state index is -1.19. The molecule has 0 radical (unpaired) electrons. The van der Waals surface area contributed by atoms with Crippen LogP contribution < -0.4 is 10.2 Å². The largest absolute Gasteiger partial charge is 0.497 e. The second-order valence-corrected chi connectivity index (χ2v) is 3.14. The van der Waals surface area contributed by atoms with Gasteiger partial charge >= 0.3 is 5.97 Å². The molecule has 0 atom stereocenters. The maximum absolute atomic E-state index is 10.9. The minimum Gasteiger partial charge on any atom is -0.497 e. The van der Waals surface area contributed by atoms with Gasteiger partial charge in [-0.3, -0.25) is 9.59 Å². The van der Waals surface area contributed by atoms with Crippen molar-refractivity contribution in [3.05, 3.63) is 29.8 Å². The van der Waals surface area contributed by atoms with Gasteiger partial charge in [-0.1, -0.05) is 0 Å². The lowest BCUT2D eigenvalue weighted by atomic mass is 10.2. The summed E-state index contributed by atoms with van der Waals surface area (Å²) in [4.78, 5) is 21.1. The van der Waals surface area contributed by atoms with Gasteiger partial charge in [0, 0.05) is 0 Å². The summed E-state index contributed by atoms with van der Waals surface area (Å²) in [6, 6.07) is 7.01. The summed E-state index contributed by atoms with van der Waals surface area (Å²) in [5.74, 6) is -1.14. The molecule has 0 bridgehead atoms. The van der Waals surface area contributed by atoms with Crippen LogP contribution in [0.3, 0.4) is 0 Å². The number of rotatable bonds is 5. The number of carboxylic acids is 1. The van der Waals surface area contributed by atoms with E-state index in [4.69, 9.17) is 9.84 Å². The molecule has 0 aliphatic rings. The Morgan fingerprint density at radius 1 is 1.41 bits per heavy atom. The maximum Gasteiger partial charge on any atom is 0.312 e. The average Bonchev–Trinajstić information content (AvgIpc) is 2.29. The van der Waals surface area contributed by atoms with Crippen molar-refractivity contribution < 1.29 is 19.4 Å². The number of carboxylic acid groups (broad SMARTS) is 1. The molecule has 1 amide bonds. The summed E-state index contributed by atoms with van der Waals surface area (Å²) in [5, 5.41) is 12.0. The van der Waals surface area contributed by atoms with E-state index in [1.807, 2.05) is 0 Å². The zero-order valence-electron chi connectivity index (χ0n) is 9.21. The van der Waals surface area contributed by atoms with E-state index in [0.717, 1.165) is 11.3 Å². The number of hydrogen-bond donors (Lipinski definition) is 2. The lowest BCUT2D eigenvalue weighted by Crippen LogP contribution is -2.20. The number of methoxy groups -OCH3 is 1. The highest BCUT2D eigenvalue weighted by Crippen LogP contribution is 2.09. The Bertz CT molecular complexity index is 426. The standard InChI is InChI=1S/C11H12N2O4/c1-17-9-4-2-8(3-5-9)7-12-13-10(14)6-11(15)16/h2-5,7H,6H2,1H3,(H,13,14)(H,15,16)/b12-7-. The summed E-state index contributed by atoms with van der Waals surface area (Å²) < 4.78 is 4.98. The predicted octanol–water partition coefficient (Wildman–Crippen LogP) is 0.620. The van der Waals surface area contributed by atoms with Crippen LogP contribution in [0.15, 0.2) is 29.4 Å². The van der Waals surface area contributed by atoms with E-state index in [-0.39, 0.29) is 0 Å². The molecule has 0 aliphatic carbocycles. The molecule has 0 heterocycles. The van der Waals surface area contributed by atoms with E-state index in [1.165, 1.54) is 6.21 Å². The van der Waals surface area contributed by atoms with Crippen LogP contribution >= 0.6 is 0 Å². The van der Waals surface area contributed by atoms with Crippen molar-refractivity contribution in [3.8, 4) is 5.75 Å². The number of aliphatic carboxylic acids is 1. The molecule has 6 heteroatoms. The van der Waals surface area contributed by atoms with E-state index in [2.05, 4.69) is 10.5 Å². The molecule has 0 saturated heterocycles. The molecule has 0 aromatic heterocycles. The van der Waals surface area contributed by atoms with Crippen molar-refractivity contribution in [1.82, 2.24) is 5.43 Å². The topological polar surface area (TPSA) is 88.0 Å². The molecule has 17 heavy (non-hydrogen) atoms. The minimum absolute atomic E-state index is 0.597. The Balaban J connectivity index is 2.47. The highest BCUT2D eigenvalue weighted by Gasteiger charge is 2.04. The van der Waals surface area contributed by atoms with Gasteiger partial charge in [-0.05, 0) is 29.8 Å². The first-order valence-corrected chi connectivity index (χ1v) is 4.79. The first-order valence-electron chi connectivity index (χ1n) is 4.79. The smallest absolute Gasteiger partial charge is 0.312 e. The van der Waals surface area contributed by atoms with Crippen LogP contribution in [-0.4, -0.2) is 30.3 Å². The van der Waals surface area contributed by atoms with E-state index >= 15 is 0 Å². The quantitative estimate of drug-likeness (QED) is 0.445. The Morgan fingerprint density at radius 2 is 2.06 bits per heavy atom. The molecular formula is C11H12N2O4. The number of benzene rings is 1. The molecule has 0 unspecified atom stereocenters. The molecule has 0 spiro atoms. The first kappa shape index (κ1) is 12.7. The molecule has 90 valence electrons. The van der Waals surface area contributed by atoms with Crippen molar-refractivity contribution in [3.63, 3.8) is 0 Å². The molecule has 6 nitrogen and oxygen atoms in total. The van der Waals surface area contributed by atoms with Crippen molar-refractivity contribution in [2.24, 2.45) is 5.10 Å². The fourth-order valence-electron chi connectivity index (χ4n) is 1.05. The van der Waals surface area contributed by atoms with Gasteiger partial charge in [-0.2, -0.15) is 5.10 Å². The number of amides is 1. The highest BCUT2D eigenvalue weighted by atomic mass is 16.5. The van der Waals surface area contributed by atoms with Gasteiger partial charge in [0.15, 0.2) is 0 Å². The SMILES string of the molecule is COc1ccc(/C=N\NC(=O)CC(=O)O)cc1. The highest BCUT2D eigenvalue weighted by molar-refractivity contribution is 5.93. The summed E-state index contributed by atoms with van der Waals surface area (Å²) in [6.45, 7) is 0. The Morgan fingerprint density at radius 3 is 2.59 bits per heavy atom. The number of nitrogens with one attached hydrogen (secondary N) is 1. The van der Waals surface area contributed by atoms with Gasteiger partial charge in [0.05, 0.1) is 13.3 Å². The van der Waals surface area contributed by atoms with Crippen molar-refractivity contribution >= 4 is 18.1 Å². The summed E-state index contributed by atoms with van der Waals surface area (Å²) >= 11 is 0. The predicted molar refractivity (Wildman–Crippen MR) is 61.0 cm³/mol. The molecule has 0 saturated carbocycles. The number of nitrogens with zero attached hydrogens (tertiary/aromatic N) is 1. The lowest BCUT2D eigenvalue weighted by Gasteiger charge is -1.99. The van der Waals surface area contributed by atoms with Gasteiger partial charge in [-0.15, -0.1) is 0 Å². The average molecular weight is 236 g/mol. The Labute approximate surface area is 97.9 Å². The number of hydrazone groups is 1. The molecule has 1 rings (SSSR count). The second kappa shape index (κ2) is 6.26. The van der Waals surface area contributed by atoms with E-state index in [9.17, 15) is 9.59 Å². The third kappa shape index (κ3) is 4.78. The van der Waals surface area contributed by atoms with Crippen LogP contribution in [0.25, 0.3) is 0 Å². The van der Waals surface area contributed by atoms with Crippen LogP contribution in [0.5, 0.6) is 5.75 Å². The van der Waals surface area contributed by atoms with Gasteiger partial charge in [0.25, 0.3) is 5.91 Å². The third-order valence-electron chi connectivity index (χ3n) is 1.83. The van der Waals surface area contributed by atoms with Crippen molar-refractivity contribution in [2.45, 2.75) is 6.42 Å². The molecular weight excluding hydrogens is 224 g/mol. The normalized spacial score (nSPS) is 10.2. The van der Waals surface area contributed by atoms with Crippen molar-refractivity contribution in [1.29, 1.82) is 0 Å². The summed E-state index contributed by atoms with van der Waals surface area (Å²) in [6.07, 6.45) is 0.819. The van der Waals surface area contributed by atoms with Crippen LogP contribution in [0, 0.1) is 0 Å². The van der Waals surface area contributed by atoms with Crippen LogP contribution in [0.1, 0.15) is 12.0 Å². The van der Waals surface area contributed by atoms with E-state index in [1.54, 1.807) is 31.4 Å². The van der Waals surface area contributed by atoms with Gasteiger partial charge < -0.3 is 9.84 Å². The molecule has 1 aromatic carbocycles. The fraction of sp³-hybridized carbons (Fsp3) is 0.182. The molecule has 0 aliphatic heterocycles. The Kier molecular flexibility index (Phi) is 4.68. The fourth-order valence-corrected chi connectivity index (χ4v) is 1.05. The number of hydrogen-bond acceptors (Lipinski definition) is 4. The van der Waals surface area contributed by atoms with Gasteiger partial charge in [0.1, 0.15) is 12.2 Å². The zero-order chi connectivity index (χ0) is 12.7. The lowest BCUT2D eigenvalue weighted by molar-refractivity contribution is -0.140. The van der Waals surface area contributed by atoms with Crippen LogP contribution in [-0.2, 0) is 9.59 Å². The molecule has 1 aromatic rings. The number of carbonyl (C=O) groups is 2.